The third-order valence-electron chi connectivity index (χ3n) is 1.99. The van der Waals surface area contributed by atoms with E-state index >= 15 is 0 Å². The van der Waals surface area contributed by atoms with Crippen LogP contribution in [0.2, 0.25) is 0 Å². The van der Waals surface area contributed by atoms with Crippen LogP contribution in [0.3, 0.4) is 0 Å². The van der Waals surface area contributed by atoms with Gasteiger partial charge in [0.25, 0.3) is 0 Å². The van der Waals surface area contributed by atoms with Crippen LogP contribution in [-0.2, 0) is 21.7 Å². The van der Waals surface area contributed by atoms with Crippen LogP contribution in [0.5, 0.6) is 0 Å². The van der Waals surface area contributed by atoms with E-state index in [9.17, 15) is 20.4 Å². The van der Waals surface area contributed by atoms with Gasteiger partial charge in [-0.1, -0.05) is 52.6 Å². The summed E-state index contributed by atoms with van der Waals surface area (Å²) in [6.07, 6.45) is -3.75. The van der Waals surface area contributed by atoms with Gasteiger partial charge in [-0.3, -0.25) is 0 Å². The van der Waals surface area contributed by atoms with Gasteiger partial charge in [-0.25, -0.2) is 0 Å². The smallest absolute Gasteiger partial charge is 0.841 e. The molecule has 0 heterocycles. The van der Waals surface area contributed by atoms with Crippen LogP contribution in [0.25, 0.3) is 0 Å². The zero-order valence-corrected chi connectivity index (χ0v) is 20.6. The standard InChI is InChI=1S/4C4H11N2O.Ti/c4*1-3(5)6-4(2)7;/h4*3-4,6H,5H2,1-2H3;/q4*-1;+4. The van der Waals surface area contributed by atoms with Gasteiger partial charge in [0.1, 0.15) is 0 Å². The van der Waals surface area contributed by atoms with E-state index in [0.29, 0.717) is 0 Å². The number of rotatable bonds is 8. The number of nitrogens with one attached hydrogen (secondary N) is 4. The van der Waals surface area contributed by atoms with Gasteiger partial charge in [0, 0.05) is 0 Å². The van der Waals surface area contributed by atoms with Gasteiger partial charge < -0.3 is 64.6 Å². The molecule has 0 fully saturated rings. The molecule has 0 aliphatic heterocycles. The number of nitrogens with two attached hydrogens (primary N) is 4. The van der Waals surface area contributed by atoms with Crippen molar-refractivity contribution in [3.8, 4) is 0 Å². The summed E-state index contributed by atoms with van der Waals surface area (Å²) in [5.41, 5.74) is 20.7. The van der Waals surface area contributed by atoms with Crippen LogP contribution in [0, 0.1) is 0 Å². The van der Waals surface area contributed by atoms with Gasteiger partial charge in [0.2, 0.25) is 0 Å². The molecule has 0 rings (SSSR count). The molecule has 0 bridgehead atoms. The molecule has 8 atom stereocenters. The molecule has 0 aliphatic rings. The quantitative estimate of drug-likeness (QED) is 0.125. The fraction of sp³-hybridized carbons (Fsp3) is 1.00. The molecule has 8 unspecified atom stereocenters. The van der Waals surface area contributed by atoms with Crippen LogP contribution in [0.1, 0.15) is 55.4 Å². The van der Waals surface area contributed by atoms with Crippen LogP contribution < -0.4 is 64.6 Å². The van der Waals surface area contributed by atoms with Gasteiger partial charge in [-0.05, 0) is 27.7 Å². The molecule has 0 spiro atoms. The van der Waals surface area contributed by atoms with E-state index in [0.717, 1.165) is 0 Å². The van der Waals surface area contributed by atoms with Crippen molar-refractivity contribution in [1.29, 1.82) is 0 Å². The predicted octanol–water partition coefficient (Wildman–Crippen LogP) is -5.65. The Morgan fingerprint density at radius 2 is 0.517 bits per heavy atom. The Labute approximate surface area is 191 Å². The molecule has 176 valence electrons. The Morgan fingerprint density at radius 3 is 0.517 bits per heavy atom. The molecule has 0 radical (unpaired) electrons. The Morgan fingerprint density at radius 1 is 0.414 bits per heavy atom. The van der Waals surface area contributed by atoms with Crippen molar-refractivity contribution in [2.24, 2.45) is 22.9 Å². The normalized spacial score (nSPS) is 18.2. The Balaban J connectivity index is -0.0000000873. The van der Waals surface area contributed by atoms with E-state index in [1.54, 1.807) is 27.7 Å². The molecule has 0 saturated heterocycles. The van der Waals surface area contributed by atoms with Gasteiger partial charge in [0.05, 0.1) is 24.7 Å². The minimum absolute atomic E-state index is 0. The topological polar surface area (TPSA) is 244 Å². The second kappa shape index (κ2) is 26.3. The molecular formula is C16H44N8O4Ti. The summed E-state index contributed by atoms with van der Waals surface area (Å²) in [7, 11) is 0. The average molecular weight is 460 g/mol. The summed E-state index contributed by atoms with van der Waals surface area (Å²) in [5.74, 6) is 0. The summed E-state index contributed by atoms with van der Waals surface area (Å²) in [6, 6.07) is 0. The Bertz CT molecular complexity index is 218. The largest absolute Gasteiger partial charge is 4.00 e. The van der Waals surface area contributed by atoms with E-state index in [-0.39, 0.29) is 46.4 Å². The first-order valence-corrected chi connectivity index (χ1v) is 9.20. The first-order valence-electron chi connectivity index (χ1n) is 9.20. The minimum Gasteiger partial charge on any atom is -0.841 e. The molecule has 0 aromatic carbocycles. The van der Waals surface area contributed by atoms with E-state index in [2.05, 4.69) is 21.3 Å². The molecular weight excluding hydrogens is 416 g/mol. The first-order chi connectivity index (χ1) is 12.5. The second-order valence-corrected chi connectivity index (χ2v) is 6.39. The van der Waals surface area contributed by atoms with Gasteiger partial charge in [-0.2, -0.15) is 0 Å². The summed E-state index contributed by atoms with van der Waals surface area (Å²) in [4.78, 5) is 0. The van der Waals surface area contributed by atoms with E-state index in [4.69, 9.17) is 22.9 Å². The molecule has 0 amide bonds. The molecule has 0 aromatic heterocycles. The van der Waals surface area contributed by atoms with Gasteiger partial charge >= 0.3 is 21.7 Å². The Kier molecular flexibility index (Phi) is 35.9. The fourth-order valence-corrected chi connectivity index (χ4v) is 1.48. The first kappa shape index (κ1) is 39.7. The SMILES string of the molecule is CC(N)NC(C)[O-].CC(N)NC(C)[O-].CC(N)NC(C)[O-].CC(N)NC(C)[O-].[Ti+4]. The van der Waals surface area contributed by atoms with Crippen LogP contribution in [-0.4, -0.2) is 49.6 Å². The van der Waals surface area contributed by atoms with Crippen molar-refractivity contribution in [1.82, 2.24) is 21.3 Å². The third-order valence-corrected chi connectivity index (χ3v) is 1.99. The molecule has 12 N–H and O–H groups in total. The second-order valence-electron chi connectivity index (χ2n) is 6.39. The number of hydrogen-bond donors (Lipinski definition) is 8. The van der Waals surface area contributed by atoms with Crippen molar-refractivity contribution in [3.05, 3.63) is 0 Å². The summed E-state index contributed by atoms with van der Waals surface area (Å²) in [6.45, 7) is 13.0. The van der Waals surface area contributed by atoms with Crippen LogP contribution in [0.4, 0.5) is 0 Å². The van der Waals surface area contributed by atoms with E-state index in [1.165, 1.54) is 27.7 Å². The summed E-state index contributed by atoms with van der Waals surface area (Å²) >= 11 is 0. The maximum atomic E-state index is 10.1. The van der Waals surface area contributed by atoms with Crippen molar-refractivity contribution < 1.29 is 42.1 Å². The predicted molar refractivity (Wildman–Crippen MR) is 105 cm³/mol. The third kappa shape index (κ3) is 73.7. The van der Waals surface area contributed by atoms with Crippen molar-refractivity contribution in [2.75, 3.05) is 0 Å². The van der Waals surface area contributed by atoms with Crippen molar-refractivity contribution in [2.45, 2.75) is 105 Å². The summed E-state index contributed by atoms with van der Waals surface area (Å²) in [5, 5.41) is 50.7. The molecule has 12 nitrogen and oxygen atoms in total. The Hall–Kier alpha value is 0.234. The summed E-state index contributed by atoms with van der Waals surface area (Å²) < 4.78 is 0. The zero-order valence-electron chi connectivity index (χ0n) is 19.1. The molecule has 0 aromatic rings. The zero-order chi connectivity index (χ0) is 23.4. The van der Waals surface area contributed by atoms with Gasteiger partial charge in [0.15, 0.2) is 0 Å². The maximum Gasteiger partial charge on any atom is 4.00 e. The van der Waals surface area contributed by atoms with Crippen molar-refractivity contribution >= 4 is 0 Å². The van der Waals surface area contributed by atoms with E-state index in [1.807, 2.05) is 0 Å². The molecule has 29 heavy (non-hydrogen) atoms. The van der Waals surface area contributed by atoms with Gasteiger partial charge in [-0.15, -0.1) is 0 Å². The fourth-order valence-electron chi connectivity index (χ4n) is 1.48. The van der Waals surface area contributed by atoms with Crippen LogP contribution in [0.15, 0.2) is 0 Å². The monoisotopic (exact) mass is 460 g/mol. The number of hydrogen-bond acceptors (Lipinski definition) is 12. The molecule has 13 heteroatoms. The minimum atomic E-state index is -0.750. The average Bonchev–Trinajstić information content (AvgIpc) is 2.32. The van der Waals surface area contributed by atoms with Crippen LogP contribution >= 0.6 is 0 Å². The van der Waals surface area contributed by atoms with Crippen molar-refractivity contribution in [3.63, 3.8) is 0 Å². The molecule has 0 saturated carbocycles. The maximum absolute atomic E-state index is 10.1. The molecule has 0 aliphatic carbocycles. The van der Waals surface area contributed by atoms with E-state index < -0.39 is 24.9 Å².